The SMILES string of the molecule is CCC(OC(=O)c1c(-c2ccc(Cl)cc2)c2ccccc2c(=O)n1C)C(=O)Nc1ccc(C)cc1C. The number of amides is 1. The minimum atomic E-state index is -1.04. The number of nitrogens with one attached hydrogen (secondary N) is 1. The van der Waals surface area contributed by atoms with Gasteiger partial charge in [0.25, 0.3) is 11.5 Å². The van der Waals surface area contributed by atoms with Crippen LogP contribution in [-0.2, 0) is 16.6 Å². The van der Waals surface area contributed by atoms with Gasteiger partial charge in [-0.05, 0) is 61.0 Å². The molecule has 1 unspecified atom stereocenters. The maximum atomic E-state index is 13.6. The minimum Gasteiger partial charge on any atom is -0.448 e. The van der Waals surface area contributed by atoms with Gasteiger partial charge in [-0.25, -0.2) is 4.79 Å². The second-order valence-electron chi connectivity index (χ2n) is 8.75. The summed E-state index contributed by atoms with van der Waals surface area (Å²) in [6.07, 6.45) is -0.779. The van der Waals surface area contributed by atoms with E-state index in [-0.39, 0.29) is 17.7 Å². The molecule has 0 fully saturated rings. The Morgan fingerprint density at radius 2 is 1.67 bits per heavy atom. The van der Waals surface area contributed by atoms with Crippen LogP contribution in [0.1, 0.15) is 35.0 Å². The van der Waals surface area contributed by atoms with Crippen molar-refractivity contribution in [3.63, 3.8) is 0 Å². The molecule has 3 aromatic carbocycles. The summed E-state index contributed by atoms with van der Waals surface area (Å²) in [7, 11) is 1.53. The van der Waals surface area contributed by atoms with Gasteiger partial charge in [-0.2, -0.15) is 0 Å². The number of aromatic nitrogens is 1. The van der Waals surface area contributed by atoms with E-state index in [1.807, 2.05) is 38.1 Å². The smallest absolute Gasteiger partial charge is 0.356 e. The van der Waals surface area contributed by atoms with Gasteiger partial charge in [0.2, 0.25) is 0 Å². The van der Waals surface area contributed by atoms with E-state index in [1.54, 1.807) is 49.4 Å². The molecule has 1 aromatic heterocycles. The number of hydrogen-bond acceptors (Lipinski definition) is 4. The predicted molar refractivity (Wildman–Crippen MR) is 144 cm³/mol. The summed E-state index contributed by atoms with van der Waals surface area (Å²) >= 11 is 6.09. The number of carbonyl (C=O) groups is 2. The van der Waals surface area contributed by atoms with Gasteiger partial charge < -0.3 is 14.6 Å². The molecule has 6 nitrogen and oxygen atoms in total. The quantitative estimate of drug-likeness (QED) is 0.325. The van der Waals surface area contributed by atoms with Crippen LogP contribution in [0.15, 0.2) is 71.5 Å². The minimum absolute atomic E-state index is 0.0683. The average Bonchev–Trinajstić information content (AvgIpc) is 2.86. The lowest BCUT2D eigenvalue weighted by Gasteiger charge is -2.20. The molecule has 0 aliphatic rings. The van der Waals surface area contributed by atoms with Gasteiger partial charge in [-0.3, -0.25) is 9.59 Å². The van der Waals surface area contributed by atoms with Gasteiger partial charge in [-0.15, -0.1) is 0 Å². The number of halogens is 1. The third-order valence-corrected chi connectivity index (χ3v) is 6.43. The molecular formula is C29H27ClN2O4. The molecule has 1 atom stereocenters. The van der Waals surface area contributed by atoms with Crippen molar-refractivity contribution >= 4 is 39.9 Å². The second-order valence-corrected chi connectivity index (χ2v) is 9.19. The molecule has 0 saturated carbocycles. The number of rotatable bonds is 6. The molecule has 36 heavy (non-hydrogen) atoms. The highest BCUT2D eigenvalue weighted by molar-refractivity contribution is 6.30. The van der Waals surface area contributed by atoms with Crippen molar-refractivity contribution in [3.05, 3.63) is 98.9 Å². The topological polar surface area (TPSA) is 77.4 Å². The van der Waals surface area contributed by atoms with Gasteiger partial charge in [-0.1, -0.05) is 66.6 Å². The Bertz CT molecular complexity index is 1520. The summed E-state index contributed by atoms with van der Waals surface area (Å²) in [5.74, 6) is -1.19. The molecule has 0 spiro atoms. The van der Waals surface area contributed by atoms with Crippen LogP contribution in [0.4, 0.5) is 5.69 Å². The van der Waals surface area contributed by atoms with Crippen molar-refractivity contribution in [2.24, 2.45) is 7.05 Å². The van der Waals surface area contributed by atoms with Crippen LogP contribution >= 0.6 is 11.6 Å². The average molecular weight is 503 g/mol. The van der Waals surface area contributed by atoms with E-state index in [9.17, 15) is 14.4 Å². The molecule has 0 aliphatic heterocycles. The summed E-state index contributed by atoms with van der Waals surface area (Å²) in [6.45, 7) is 5.64. The lowest BCUT2D eigenvalue weighted by molar-refractivity contribution is -0.124. The van der Waals surface area contributed by atoms with Crippen LogP contribution < -0.4 is 10.9 Å². The van der Waals surface area contributed by atoms with E-state index >= 15 is 0 Å². The number of pyridine rings is 1. The number of hydrogen-bond donors (Lipinski definition) is 1. The fraction of sp³-hybridized carbons (Fsp3) is 0.207. The van der Waals surface area contributed by atoms with Gasteiger partial charge in [0, 0.05) is 28.7 Å². The Hall–Kier alpha value is -3.90. The maximum absolute atomic E-state index is 13.6. The van der Waals surface area contributed by atoms with Gasteiger partial charge >= 0.3 is 5.97 Å². The van der Waals surface area contributed by atoms with Gasteiger partial charge in [0.05, 0.1) is 0 Å². The van der Waals surface area contributed by atoms with Crippen molar-refractivity contribution in [2.45, 2.75) is 33.3 Å². The zero-order valence-electron chi connectivity index (χ0n) is 20.6. The van der Waals surface area contributed by atoms with Crippen LogP contribution in [0, 0.1) is 13.8 Å². The summed E-state index contributed by atoms with van der Waals surface area (Å²) in [4.78, 5) is 39.7. The van der Waals surface area contributed by atoms with E-state index in [4.69, 9.17) is 16.3 Å². The van der Waals surface area contributed by atoms with E-state index in [0.29, 0.717) is 32.6 Å². The number of aryl methyl sites for hydroxylation is 2. The van der Waals surface area contributed by atoms with Crippen molar-refractivity contribution in [1.82, 2.24) is 4.57 Å². The molecule has 0 radical (unpaired) electrons. The molecule has 7 heteroatoms. The molecule has 1 heterocycles. The Labute approximate surface area is 214 Å². The lowest BCUT2D eigenvalue weighted by Crippen LogP contribution is -2.34. The number of nitrogens with zero attached hydrogens (tertiary/aromatic N) is 1. The standard InChI is InChI=1S/C29H27ClN2O4/c1-5-24(27(33)31-23-15-10-17(2)16-18(23)3)36-29(35)26-25(19-11-13-20(30)14-12-19)21-8-6-7-9-22(21)28(34)32(26)4/h6-16,24H,5H2,1-4H3,(H,31,33). The summed E-state index contributed by atoms with van der Waals surface area (Å²) < 4.78 is 7.00. The van der Waals surface area contributed by atoms with E-state index in [2.05, 4.69) is 5.32 Å². The molecule has 0 aliphatic carbocycles. The lowest BCUT2D eigenvalue weighted by atomic mass is 9.96. The van der Waals surface area contributed by atoms with Crippen LogP contribution in [-0.4, -0.2) is 22.5 Å². The van der Waals surface area contributed by atoms with Gasteiger partial charge in [0.15, 0.2) is 6.10 Å². The van der Waals surface area contributed by atoms with Crippen LogP contribution in [0.25, 0.3) is 21.9 Å². The highest BCUT2D eigenvalue weighted by Gasteiger charge is 2.28. The largest absolute Gasteiger partial charge is 0.448 e. The number of benzene rings is 3. The number of anilines is 1. The molecule has 1 amide bonds. The van der Waals surface area contributed by atoms with Gasteiger partial charge in [0.1, 0.15) is 5.69 Å². The summed E-state index contributed by atoms with van der Waals surface area (Å²) in [6, 6.07) is 19.8. The van der Waals surface area contributed by atoms with E-state index < -0.39 is 18.0 Å². The molecule has 184 valence electrons. The third kappa shape index (κ3) is 4.90. The normalized spacial score (nSPS) is 11.8. The monoisotopic (exact) mass is 502 g/mol. The fourth-order valence-electron chi connectivity index (χ4n) is 4.29. The van der Waals surface area contributed by atoms with Crippen molar-refractivity contribution in [1.29, 1.82) is 0 Å². The fourth-order valence-corrected chi connectivity index (χ4v) is 4.41. The number of fused-ring (bicyclic) bond motifs is 1. The predicted octanol–water partition coefficient (Wildman–Crippen LogP) is 6.05. The Morgan fingerprint density at radius 3 is 2.31 bits per heavy atom. The molecule has 0 bridgehead atoms. The molecule has 4 rings (SSSR count). The molecular weight excluding hydrogens is 476 g/mol. The van der Waals surface area contributed by atoms with E-state index in [1.165, 1.54) is 11.6 Å². The highest BCUT2D eigenvalue weighted by atomic mass is 35.5. The Balaban J connectivity index is 1.75. The Morgan fingerprint density at radius 1 is 1.00 bits per heavy atom. The first kappa shape index (κ1) is 25.2. The van der Waals surface area contributed by atoms with Crippen LogP contribution in [0.3, 0.4) is 0 Å². The van der Waals surface area contributed by atoms with Crippen molar-refractivity contribution < 1.29 is 14.3 Å². The van der Waals surface area contributed by atoms with Crippen molar-refractivity contribution in [2.75, 3.05) is 5.32 Å². The van der Waals surface area contributed by atoms with E-state index in [0.717, 1.165) is 11.1 Å². The molecule has 4 aromatic rings. The van der Waals surface area contributed by atoms with Crippen LogP contribution in [0.5, 0.6) is 0 Å². The summed E-state index contributed by atoms with van der Waals surface area (Å²) in [5.41, 5.74) is 3.62. The summed E-state index contributed by atoms with van der Waals surface area (Å²) in [5, 5.41) is 4.49. The zero-order chi connectivity index (χ0) is 26.0. The third-order valence-electron chi connectivity index (χ3n) is 6.18. The second kappa shape index (κ2) is 10.4. The maximum Gasteiger partial charge on any atom is 0.356 e. The zero-order valence-corrected chi connectivity index (χ0v) is 21.3. The van der Waals surface area contributed by atoms with Crippen LogP contribution in [0.2, 0.25) is 5.02 Å². The number of esters is 1. The number of ether oxygens (including phenoxy) is 1. The number of carbonyl (C=O) groups excluding carboxylic acids is 2. The van der Waals surface area contributed by atoms with Crippen molar-refractivity contribution in [3.8, 4) is 11.1 Å². The first-order chi connectivity index (χ1) is 17.2. The first-order valence-electron chi connectivity index (χ1n) is 11.7. The molecule has 1 N–H and O–H groups in total. The first-order valence-corrected chi connectivity index (χ1v) is 12.1. The Kier molecular flexibility index (Phi) is 7.27. The molecule has 0 saturated heterocycles. The highest BCUT2D eigenvalue weighted by Crippen LogP contribution is 2.32.